The molecule has 3 rings (SSSR count). The summed E-state index contributed by atoms with van der Waals surface area (Å²) in [5, 5.41) is 4.16. The number of carbonyl (C=O) groups is 1. The lowest BCUT2D eigenvalue weighted by atomic mass is 9.79. The fourth-order valence-electron chi connectivity index (χ4n) is 4.22. The molecule has 1 atom stereocenters. The number of methoxy groups -OCH3 is 1. The van der Waals surface area contributed by atoms with E-state index < -0.39 is 0 Å². The first-order valence-electron chi connectivity index (χ1n) is 9.85. The number of anilines is 1. The van der Waals surface area contributed by atoms with Gasteiger partial charge in [0.25, 0.3) is 5.91 Å². The summed E-state index contributed by atoms with van der Waals surface area (Å²) < 4.78 is 6.23. The molecule has 0 spiro atoms. The van der Waals surface area contributed by atoms with Crippen LogP contribution in [0.3, 0.4) is 0 Å². The van der Waals surface area contributed by atoms with Crippen LogP contribution in [-0.4, -0.2) is 31.3 Å². The Morgan fingerprint density at radius 2 is 2.10 bits per heavy atom. The molecule has 1 amide bonds. The lowest BCUT2D eigenvalue weighted by molar-refractivity contribution is 0.0954. The maximum Gasteiger partial charge on any atom is 0.271 e. The van der Waals surface area contributed by atoms with Gasteiger partial charge in [-0.25, -0.2) is 5.43 Å². The minimum Gasteiger partial charge on any atom is -0.496 e. The summed E-state index contributed by atoms with van der Waals surface area (Å²) in [7, 11) is 1.59. The van der Waals surface area contributed by atoms with E-state index in [-0.39, 0.29) is 11.4 Å². The van der Waals surface area contributed by atoms with Crippen LogP contribution in [0, 0.1) is 3.57 Å². The fraction of sp³-hybridized carbons (Fsp3) is 0.391. The minimum absolute atomic E-state index is 0.152. The summed E-state index contributed by atoms with van der Waals surface area (Å²) in [6.07, 6.45) is 2.81. The third-order valence-electron chi connectivity index (χ3n) is 5.52. The normalized spacial score (nSPS) is 17.9. The number of hydrogen-bond donors (Lipinski definition) is 1. The zero-order valence-corrected chi connectivity index (χ0v) is 19.8. The molecule has 5 nitrogen and oxygen atoms in total. The summed E-state index contributed by atoms with van der Waals surface area (Å²) in [6, 6.07) is 11.7. The van der Waals surface area contributed by atoms with Gasteiger partial charge >= 0.3 is 0 Å². The van der Waals surface area contributed by atoms with Crippen molar-refractivity contribution in [3.05, 3.63) is 56.7 Å². The molecule has 0 radical (unpaired) electrons. The number of rotatable bonds is 5. The van der Waals surface area contributed by atoms with Gasteiger partial charge < -0.3 is 9.64 Å². The molecule has 0 saturated carbocycles. The van der Waals surface area contributed by atoms with E-state index in [1.807, 2.05) is 6.07 Å². The number of carbonyl (C=O) groups excluding carboxylic acids is 1. The number of fused-ring (bicyclic) bond motifs is 1. The first-order valence-corrected chi connectivity index (χ1v) is 10.9. The standard InChI is InChI=1S/C23H28IN3O2/c1-6-27-20-10-7-16(11-18(20)15(2)13-23(27,3)4)14-25-26-22(28)17-8-9-19(24)21(12-17)29-5/h7-12,14-15H,6,13H2,1-5H3,(H,26,28)/b25-14-. The Morgan fingerprint density at radius 3 is 2.79 bits per heavy atom. The van der Waals surface area contributed by atoms with Crippen LogP contribution in [0.2, 0.25) is 0 Å². The maximum atomic E-state index is 12.4. The third-order valence-corrected chi connectivity index (χ3v) is 6.41. The number of ether oxygens (including phenoxy) is 1. The van der Waals surface area contributed by atoms with Gasteiger partial charge in [0.15, 0.2) is 0 Å². The number of halogens is 1. The molecule has 2 aromatic carbocycles. The second-order valence-electron chi connectivity index (χ2n) is 8.03. The van der Waals surface area contributed by atoms with Crippen LogP contribution in [0.1, 0.15) is 61.5 Å². The van der Waals surface area contributed by atoms with Gasteiger partial charge in [-0.05, 0) is 97.2 Å². The Bertz CT molecular complexity index is 940. The molecular formula is C23H28IN3O2. The van der Waals surface area contributed by atoms with Crippen molar-refractivity contribution < 1.29 is 9.53 Å². The van der Waals surface area contributed by atoms with Gasteiger partial charge in [-0.3, -0.25) is 4.79 Å². The summed E-state index contributed by atoms with van der Waals surface area (Å²) in [5.41, 5.74) is 6.88. The van der Waals surface area contributed by atoms with Gasteiger partial charge in [-0.2, -0.15) is 5.10 Å². The molecule has 1 N–H and O–H groups in total. The average Bonchev–Trinajstić information content (AvgIpc) is 2.68. The summed E-state index contributed by atoms with van der Waals surface area (Å²) in [5.74, 6) is 0.889. The van der Waals surface area contributed by atoms with E-state index in [0.29, 0.717) is 17.2 Å². The zero-order valence-electron chi connectivity index (χ0n) is 17.6. The van der Waals surface area contributed by atoms with E-state index in [9.17, 15) is 4.79 Å². The first kappa shape index (κ1) is 21.6. The predicted molar refractivity (Wildman–Crippen MR) is 127 cm³/mol. The molecule has 29 heavy (non-hydrogen) atoms. The van der Waals surface area contributed by atoms with Crippen LogP contribution in [0.5, 0.6) is 5.75 Å². The van der Waals surface area contributed by atoms with Crippen molar-refractivity contribution in [3.8, 4) is 5.75 Å². The van der Waals surface area contributed by atoms with Gasteiger partial charge in [-0.15, -0.1) is 0 Å². The highest BCUT2D eigenvalue weighted by Gasteiger charge is 2.35. The lowest BCUT2D eigenvalue weighted by Crippen LogP contribution is -2.48. The molecule has 0 fully saturated rings. The molecule has 6 heteroatoms. The smallest absolute Gasteiger partial charge is 0.271 e. The van der Waals surface area contributed by atoms with Crippen molar-refractivity contribution in [3.63, 3.8) is 0 Å². The van der Waals surface area contributed by atoms with E-state index in [4.69, 9.17) is 4.74 Å². The lowest BCUT2D eigenvalue weighted by Gasteiger charge is -2.47. The monoisotopic (exact) mass is 505 g/mol. The van der Waals surface area contributed by atoms with Gasteiger partial charge in [0.1, 0.15) is 5.75 Å². The molecule has 0 aromatic heterocycles. The fourth-order valence-corrected chi connectivity index (χ4v) is 4.77. The highest BCUT2D eigenvalue weighted by molar-refractivity contribution is 14.1. The Kier molecular flexibility index (Phi) is 6.51. The van der Waals surface area contributed by atoms with Gasteiger partial charge in [0.05, 0.1) is 16.9 Å². The van der Waals surface area contributed by atoms with Crippen LogP contribution >= 0.6 is 22.6 Å². The topological polar surface area (TPSA) is 53.9 Å². The van der Waals surface area contributed by atoms with Crippen LogP contribution in [0.15, 0.2) is 41.5 Å². The van der Waals surface area contributed by atoms with Crippen LogP contribution in [-0.2, 0) is 0 Å². The Balaban J connectivity index is 1.75. The van der Waals surface area contributed by atoms with Crippen molar-refractivity contribution in [1.82, 2.24) is 5.43 Å². The van der Waals surface area contributed by atoms with Crippen molar-refractivity contribution in [1.29, 1.82) is 0 Å². The Morgan fingerprint density at radius 1 is 1.34 bits per heavy atom. The SMILES string of the molecule is CCN1c2ccc(/C=N\NC(=O)c3ccc(I)c(OC)c3)cc2C(C)CC1(C)C. The summed E-state index contributed by atoms with van der Waals surface area (Å²) in [4.78, 5) is 14.8. The second kappa shape index (κ2) is 8.73. The summed E-state index contributed by atoms with van der Waals surface area (Å²) >= 11 is 2.17. The van der Waals surface area contributed by atoms with Crippen molar-refractivity contribution in [2.45, 2.75) is 45.6 Å². The van der Waals surface area contributed by atoms with Crippen LogP contribution < -0.4 is 15.1 Å². The van der Waals surface area contributed by atoms with Crippen LogP contribution in [0.4, 0.5) is 5.69 Å². The van der Waals surface area contributed by atoms with E-state index in [1.54, 1.807) is 25.5 Å². The highest BCUT2D eigenvalue weighted by Crippen LogP contribution is 2.43. The zero-order chi connectivity index (χ0) is 21.2. The quantitative estimate of drug-likeness (QED) is 0.347. The molecule has 0 bridgehead atoms. The molecule has 0 saturated heterocycles. The first-order chi connectivity index (χ1) is 13.8. The Labute approximate surface area is 186 Å². The number of nitrogens with zero attached hydrogens (tertiary/aromatic N) is 2. The van der Waals surface area contributed by atoms with E-state index in [2.05, 4.69) is 83.9 Å². The van der Waals surface area contributed by atoms with E-state index in [1.165, 1.54) is 11.3 Å². The number of hydrazone groups is 1. The van der Waals surface area contributed by atoms with E-state index in [0.717, 1.165) is 22.1 Å². The highest BCUT2D eigenvalue weighted by atomic mass is 127. The molecular weight excluding hydrogens is 477 g/mol. The van der Waals surface area contributed by atoms with Crippen molar-refractivity contribution in [2.75, 3.05) is 18.6 Å². The van der Waals surface area contributed by atoms with Crippen LogP contribution in [0.25, 0.3) is 0 Å². The third kappa shape index (κ3) is 4.57. The Hall–Kier alpha value is -2.09. The summed E-state index contributed by atoms with van der Waals surface area (Å²) in [6.45, 7) is 10.1. The largest absolute Gasteiger partial charge is 0.496 e. The molecule has 1 heterocycles. The van der Waals surface area contributed by atoms with Gasteiger partial charge in [0, 0.05) is 23.3 Å². The number of amides is 1. The van der Waals surface area contributed by atoms with Gasteiger partial charge in [0.2, 0.25) is 0 Å². The molecule has 1 aliphatic heterocycles. The number of benzene rings is 2. The molecule has 2 aromatic rings. The second-order valence-corrected chi connectivity index (χ2v) is 9.19. The predicted octanol–water partition coefficient (Wildman–Crippen LogP) is 5.18. The number of nitrogens with one attached hydrogen (secondary N) is 1. The number of hydrogen-bond acceptors (Lipinski definition) is 4. The molecule has 1 unspecified atom stereocenters. The maximum absolute atomic E-state index is 12.4. The molecule has 1 aliphatic rings. The molecule has 154 valence electrons. The van der Waals surface area contributed by atoms with Crippen molar-refractivity contribution in [2.24, 2.45) is 5.10 Å². The van der Waals surface area contributed by atoms with Crippen molar-refractivity contribution >= 4 is 40.4 Å². The van der Waals surface area contributed by atoms with E-state index >= 15 is 0 Å². The van der Waals surface area contributed by atoms with Gasteiger partial charge in [-0.1, -0.05) is 13.0 Å². The average molecular weight is 505 g/mol. The molecule has 0 aliphatic carbocycles. The minimum atomic E-state index is -0.263.